The Morgan fingerprint density at radius 1 is 1.22 bits per heavy atom. The molecule has 0 unspecified atom stereocenters. The van der Waals surface area contributed by atoms with E-state index in [0.717, 1.165) is 5.69 Å². The number of amides is 1. The zero-order valence-corrected chi connectivity index (χ0v) is 9.80. The molecule has 0 aromatic heterocycles. The van der Waals surface area contributed by atoms with Crippen LogP contribution in [0.2, 0.25) is 0 Å². The monoisotopic (exact) mass is 252 g/mol. The molecule has 0 aliphatic rings. The van der Waals surface area contributed by atoms with Gasteiger partial charge in [-0.05, 0) is 12.1 Å². The van der Waals surface area contributed by atoms with Gasteiger partial charge in [-0.25, -0.2) is 4.79 Å². The maximum atomic E-state index is 11.5. The lowest BCUT2D eigenvalue weighted by Gasteiger charge is -2.13. The van der Waals surface area contributed by atoms with Gasteiger partial charge in [0, 0.05) is 18.7 Å². The van der Waals surface area contributed by atoms with Gasteiger partial charge >= 0.3 is 5.97 Å². The highest BCUT2D eigenvalue weighted by Crippen LogP contribution is 2.03. The quantitative estimate of drug-likeness (QED) is 0.549. The first-order chi connectivity index (χ1) is 8.63. The topological polar surface area (TPSA) is 98.7 Å². The highest BCUT2D eigenvalue weighted by molar-refractivity contribution is 5.86. The van der Waals surface area contributed by atoms with Gasteiger partial charge in [-0.3, -0.25) is 4.79 Å². The number of hydrogen-bond donors (Lipinski definition) is 4. The van der Waals surface area contributed by atoms with Crippen LogP contribution in [0, 0.1) is 0 Å². The fraction of sp³-hybridized carbons (Fsp3) is 0.333. The summed E-state index contributed by atoms with van der Waals surface area (Å²) in [6.07, 6.45) is -0.00753. The van der Waals surface area contributed by atoms with Gasteiger partial charge in [0.25, 0.3) is 0 Å². The van der Waals surface area contributed by atoms with E-state index in [-0.39, 0.29) is 19.6 Å². The number of aliphatic hydroxyl groups is 1. The summed E-state index contributed by atoms with van der Waals surface area (Å²) in [7, 11) is 0. The van der Waals surface area contributed by atoms with Crippen molar-refractivity contribution < 1.29 is 19.8 Å². The van der Waals surface area contributed by atoms with Gasteiger partial charge in [-0.2, -0.15) is 0 Å². The van der Waals surface area contributed by atoms with Crippen LogP contribution in [0.15, 0.2) is 30.3 Å². The number of carboxylic acids is 1. The number of carboxylic acid groups (broad SMARTS) is 1. The molecule has 0 bridgehead atoms. The van der Waals surface area contributed by atoms with Crippen LogP contribution in [-0.2, 0) is 9.59 Å². The Kier molecular flexibility index (Phi) is 5.66. The lowest BCUT2D eigenvalue weighted by atomic mass is 10.2. The minimum Gasteiger partial charge on any atom is -0.480 e. The van der Waals surface area contributed by atoms with E-state index in [1.54, 1.807) is 12.1 Å². The van der Waals surface area contributed by atoms with E-state index in [9.17, 15) is 9.59 Å². The number of anilines is 1. The molecule has 0 aliphatic carbocycles. The Bertz CT molecular complexity index is 394. The highest BCUT2D eigenvalue weighted by Gasteiger charge is 2.18. The van der Waals surface area contributed by atoms with Crippen LogP contribution < -0.4 is 10.6 Å². The predicted molar refractivity (Wildman–Crippen MR) is 66.2 cm³/mol. The first-order valence-electron chi connectivity index (χ1n) is 5.55. The number of carbonyl (C=O) groups is 2. The third-order valence-electron chi connectivity index (χ3n) is 2.28. The maximum absolute atomic E-state index is 11.5. The Hall–Kier alpha value is -2.08. The number of para-hydroxylation sites is 1. The summed E-state index contributed by atoms with van der Waals surface area (Å²) < 4.78 is 0. The van der Waals surface area contributed by atoms with Gasteiger partial charge in [0.2, 0.25) is 5.91 Å². The number of carbonyl (C=O) groups excluding carboxylic acids is 1. The molecule has 1 aromatic rings. The number of nitrogens with one attached hydrogen (secondary N) is 2. The Labute approximate surface area is 105 Å². The number of benzene rings is 1. The van der Waals surface area contributed by atoms with Crippen LogP contribution in [0.4, 0.5) is 5.69 Å². The molecule has 4 N–H and O–H groups in total. The van der Waals surface area contributed by atoms with Gasteiger partial charge < -0.3 is 20.8 Å². The number of hydrogen-bond acceptors (Lipinski definition) is 4. The Morgan fingerprint density at radius 3 is 2.44 bits per heavy atom. The third-order valence-corrected chi connectivity index (χ3v) is 2.28. The van der Waals surface area contributed by atoms with E-state index in [2.05, 4.69) is 10.6 Å². The van der Waals surface area contributed by atoms with Crippen molar-refractivity contribution in [3.63, 3.8) is 0 Å². The molecule has 1 rings (SSSR count). The fourth-order valence-electron chi connectivity index (χ4n) is 1.37. The first-order valence-corrected chi connectivity index (χ1v) is 5.55. The van der Waals surface area contributed by atoms with Crippen molar-refractivity contribution in [1.82, 2.24) is 5.32 Å². The molecule has 0 radical (unpaired) electrons. The smallest absolute Gasteiger partial charge is 0.326 e. The zero-order chi connectivity index (χ0) is 13.4. The molecule has 0 spiro atoms. The van der Waals surface area contributed by atoms with Gasteiger partial charge in [0.05, 0.1) is 6.54 Å². The highest BCUT2D eigenvalue weighted by atomic mass is 16.4. The summed E-state index contributed by atoms with van der Waals surface area (Å²) in [5.74, 6) is -1.59. The fourth-order valence-corrected chi connectivity index (χ4v) is 1.37. The van der Waals surface area contributed by atoms with Crippen molar-refractivity contribution in [3.8, 4) is 0 Å². The average Bonchev–Trinajstić information content (AvgIpc) is 2.37. The summed E-state index contributed by atoms with van der Waals surface area (Å²) >= 11 is 0. The minimum atomic E-state index is -1.16. The van der Waals surface area contributed by atoms with E-state index < -0.39 is 17.9 Å². The minimum absolute atomic E-state index is 0.00753. The van der Waals surface area contributed by atoms with Crippen molar-refractivity contribution in [2.24, 2.45) is 0 Å². The van der Waals surface area contributed by atoms with Crippen molar-refractivity contribution in [2.45, 2.75) is 12.5 Å². The van der Waals surface area contributed by atoms with Crippen molar-refractivity contribution in [3.05, 3.63) is 30.3 Å². The molecule has 0 fully saturated rings. The standard InChI is InChI=1S/C12H16N2O4/c15-7-6-10(12(17)18)14-11(16)8-13-9-4-2-1-3-5-9/h1-5,10,13,15H,6-8H2,(H,14,16)(H,17,18)/t10-/m1/s1. The molecule has 0 heterocycles. The lowest BCUT2D eigenvalue weighted by Crippen LogP contribution is -2.43. The summed E-state index contributed by atoms with van der Waals surface area (Å²) in [6.45, 7) is -0.303. The van der Waals surface area contributed by atoms with E-state index >= 15 is 0 Å². The third kappa shape index (κ3) is 4.84. The predicted octanol–water partition coefficient (Wildman–Crippen LogP) is 0.0503. The average molecular weight is 252 g/mol. The van der Waals surface area contributed by atoms with Crippen molar-refractivity contribution >= 4 is 17.6 Å². The molecule has 18 heavy (non-hydrogen) atoms. The van der Waals surface area contributed by atoms with E-state index in [4.69, 9.17) is 10.2 Å². The van der Waals surface area contributed by atoms with Crippen molar-refractivity contribution in [1.29, 1.82) is 0 Å². The molecular formula is C12H16N2O4. The van der Waals surface area contributed by atoms with Crippen LogP contribution in [0.3, 0.4) is 0 Å². The van der Waals surface area contributed by atoms with Gasteiger partial charge in [0.15, 0.2) is 0 Å². The number of aliphatic carboxylic acids is 1. The molecule has 6 heteroatoms. The van der Waals surface area contributed by atoms with E-state index in [1.807, 2.05) is 18.2 Å². The Morgan fingerprint density at radius 2 is 1.89 bits per heavy atom. The first kappa shape index (κ1) is 14.0. The van der Waals surface area contributed by atoms with E-state index in [0.29, 0.717) is 0 Å². The lowest BCUT2D eigenvalue weighted by molar-refractivity contribution is -0.142. The summed E-state index contributed by atoms with van der Waals surface area (Å²) in [6, 6.07) is 8.05. The van der Waals surface area contributed by atoms with Crippen LogP contribution in [-0.4, -0.2) is 41.3 Å². The maximum Gasteiger partial charge on any atom is 0.326 e. The summed E-state index contributed by atoms with van der Waals surface area (Å²) in [5.41, 5.74) is 0.779. The molecule has 0 aliphatic heterocycles. The molecule has 1 atom stereocenters. The van der Waals surface area contributed by atoms with Gasteiger partial charge in [-0.15, -0.1) is 0 Å². The zero-order valence-electron chi connectivity index (χ0n) is 9.80. The number of rotatable bonds is 7. The molecular weight excluding hydrogens is 236 g/mol. The van der Waals surface area contributed by atoms with Crippen LogP contribution in [0.1, 0.15) is 6.42 Å². The number of aliphatic hydroxyl groups excluding tert-OH is 1. The molecule has 0 saturated carbocycles. The second-order valence-corrected chi connectivity index (χ2v) is 3.69. The molecule has 98 valence electrons. The normalized spacial score (nSPS) is 11.6. The molecule has 1 aromatic carbocycles. The van der Waals surface area contributed by atoms with E-state index in [1.165, 1.54) is 0 Å². The molecule has 6 nitrogen and oxygen atoms in total. The van der Waals surface area contributed by atoms with Crippen LogP contribution in [0.5, 0.6) is 0 Å². The Balaban J connectivity index is 2.39. The van der Waals surface area contributed by atoms with Crippen LogP contribution in [0.25, 0.3) is 0 Å². The summed E-state index contributed by atoms with van der Waals surface area (Å²) in [4.78, 5) is 22.2. The summed E-state index contributed by atoms with van der Waals surface area (Å²) in [5, 5.41) is 22.7. The largest absolute Gasteiger partial charge is 0.480 e. The second kappa shape index (κ2) is 7.29. The van der Waals surface area contributed by atoms with Crippen molar-refractivity contribution in [2.75, 3.05) is 18.5 Å². The molecule has 0 saturated heterocycles. The van der Waals surface area contributed by atoms with Gasteiger partial charge in [-0.1, -0.05) is 18.2 Å². The molecule has 1 amide bonds. The van der Waals surface area contributed by atoms with Gasteiger partial charge in [0.1, 0.15) is 6.04 Å². The second-order valence-electron chi connectivity index (χ2n) is 3.69. The SMILES string of the molecule is O=C(CNc1ccccc1)N[C@H](CCO)C(=O)O. The van der Waals surface area contributed by atoms with Crippen LogP contribution >= 0.6 is 0 Å².